The molecule has 0 aliphatic rings. The van der Waals surface area contributed by atoms with Gasteiger partial charge in [0, 0.05) is 12.6 Å². The summed E-state index contributed by atoms with van der Waals surface area (Å²) in [6.07, 6.45) is 1.73. The standard InChI is InChI=1S/C12H26N2O2/c1-6-10(3)14(7-2)9-8-12(4,13)11(15)16-5/h10H,6-9,13H2,1-5H3. The summed E-state index contributed by atoms with van der Waals surface area (Å²) < 4.78 is 4.69. The van der Waals surface area contributed by atoms with Gasteiger partial charge in [-0.2, -0.15) is 0 Å². The molecule has 4 nitrogen and oxygen atoms in total. The van der Waals surface area contributed by atoms with Gasteiger partial charge in [-0.15, -0.1) is 0 Å². The molecule has 2 N–H and O–H groups in total. The van der Waals surface area contributed by atoms with E-state index in [0.29, 0.717) is 12.5 Å². The van der Waals surface area contributed by atoms with Gasteiger partial charge in [-0.1, -0.05) is 13.8 Å². The molecule has 96 valence electrons. The van der Waals surface area contributed by atoms with Crippen LogP contribution >= 0.6 is 0 Å². The highest BCUT2D eigenvalue weighted by Crippen LogP contribution is 2.11. The van der Waals surface area contributed by atoms with E-state index in [1.54, 1.807) is 6.92 Å². The number of hydrogen-bond donors (Lipinski definition) is 1. The summed E-state index contributed by atoms with van der Waals surface area (Å²) in [5.41, 5.74) is 5.03. The monoisotopic (exact) mass is 230 g/mol. The Morgan fingerprint density at radius 2 is 2.06 bits per heavy atom. The molecule has 0 aromatic heterocycles. The highest BCUT2D eigenvalue weighted by molar-refractivity contribution is 5.79. The zero-order chi connectivity index (χ0) is 12.8. The largest absolute Gasteiger partial charge is 0.468 e. The first kappa shape index (κ1) is 15.4. The number of hydrogen-bond acceptors (Lipinski definition) is 4. The summed E-state index contributed by atoms with van der Waals surface area (Å²) in [5, 5.41) is 0. The molecule has 0 rings (SSSR count). The van der Waals surface area contributed by atoms with Gasteiger partial charge >= 0.3 is 5.97 Å². The Hall–Kier alpha value is -0.610. The normalized spacial score (nSPS) is 16.9. The van der Waals surface area contributed by atoms with Gasteiger partial charge in [-0.25, -0.2) is 0 Å². The number of methoxy groups -OCH3 is 1. The number of nitrogens with zero attached hydrogens (tertiary/aromatic N) is 1. The molecule has 0 saturated carbocycles. The van der Waals surface area contributed by atoms with Gasteiger partial charge < -0.3 is 15.4 Å². The van der Waals surface area contributed by atoms with E-state index in [1.807, 2.05) is 0 Å². The Kier molecular flexibility index (Phi) is 6.60. The van der Waals surface area contributed by atoms with E-state index < -0.39 is 5.54 Å². The molecule has 0 aromatic carbocycles. The van der Waals surface area contributed by atoms with Crippen LogP contribution in [0.25, 0.3) is 0 Å². The molecule has 2 unspecified atom stereocenters. The van der Waals surface area contributed by atoms with Crippen molar-refractivity contribution in [3.63, 3.8) is 0 Å². The summed E-state index contributed by atoms with van der Waals surface area (Å²) in [6.45, 7) is 10.0. The first-order chi connectivity index (χ1) is 7.38. The van der Waals surface area contributed by atoms with Crippen LogP contribution in [0.2, 0.25) is 0 Å². The van der Waals surface area contributed by atoms with Crippen molar-refractivity contribution in [3.05, 3.63) is 0 Å². The molecule has 0 aliphatic heterocycles. The van der Waals surface area contributed by atoms with Crippen LogP contribution in [0.15, 0.2) is 0 Å². The molecule has 0 bridgehead atoms. The first-order valence-electron chi connectivity index (χ1n) is 6.00. The van der Waals surface area contributed by atoms with Gasteiger partial charge in [0.15, 0.2) is 0 Å². The second-order valence-corrected chi connectivity index (χ2v) is 4.54. The Morgan fingerprint density at radius 1 is 1.50 bits per heavy atom. The fraction of sp³-hybridized carbons (Fsp3) is 0.917. The van der Waals surface area contributed by atoms with Crippen molar-refractivity contribution in [2.45, 2.75) is 52.1 Å². The minimum atomic E-state index is -0.879. The topological polar surface area (TPSA) is 55.6 Å². The van der Waals surface area contributed by atoms with Gasteiger partial charge in [0.2, 0.25) is 0 Å². The average molecular weight is 230 g/mol. The summed E-state index contributed by atoms with van der Waals surface area (Å²) in [6, 6.07) is 0.526. The molecule has 0 amide bonds. The molecule has 0 fully saturated rings. The van der Waals surface area contributed by atoms with Gasteiger partial charge in [0.1, 0.15) is 5.54 Å². The average Bonchev–Trinajstić information content (AvgIpc) is 2.27. The predicted molar refractivity (Wildman–Crippen MR) is 66.2 cm³/mol. The number of carbonyl (C=O) groups is 1. The zero-order valence-corrected chi connectivity index (χ0v) is 11.2. The quantitative estimate of drug-likeness (QED) is 0.671. The Morgan fingerprint density at radius 3 is 2.44 bits per heavy atom. The lowest BCUT2D eigenvalue weighted by Gasteiger charge is -2.30. The molecular formula is C12H26N2O2. The number of esters is 1. The van der Waals surface area contributed by atoms with Crippen molar-refractivity contribution in [2.24, 2.45) is 5.73 Å². The molecule has 0 spiro atoms. The molecule has 2 atom stereocenters. The zero-order valence-electron chi connectivity index (χ0n) is 11.2. The third-order valence-corrected chi connectivity index (χ3v) is 3.19. The summed E-state index contributed by atoms with van der Waals surface area (Å²) in [7, 11) is 1.37. The number of nitrogens with two attached hydrogens (primary N) is 1. The van der Waals surface area contributed by atoms with E-state index in [0.717, 1.165) is 19.5 Å². The molecule has 0 radical (unpaired) electrons. The van der Waals surface area contributed by atoms with Crippen LogP contribution in [-0.2, 0) is 9.53 Å². The van der Waals surface area contributed by atoms with Crippen molar-refractivity contribution in [1.29, 1.82) is 0 Å². The Bertz CT molecular complexity index is 217. The van der Waals surface area contributed by atoms with E-state index in [1.165, 1.54) is 7.11 Å². The van der Waals surface area contributed by atoms with Crippen LogP contribution in [-0.4, -0.2) is 42.6 Å². The lowest BCUT2D eigenvalue weighted by Crippen LogP contribution is -2.49. The number of rotatable bonds is 7. The lowest BCUT2D eigenvalue weighted by molar-refractivity contribution is -0.146. The molecule has 0 heterocycles. The molecule has 0 aromatic rings. The SMILES string of the molecule is CCC(C)N(CC)CCC(C)(N)C(=O)OC. The maximum absolute atomic E-state index is 11.4. The van der Waals surface area contributed by atoms with Gasteiger partial charge in [0.25, 0.3) is 0 Å². The fourth-order valence-corrected chi connectivity index (χ4v) is 1.66. The van der Waals surface area contributed by atoms with Crippen molar-refractivity contribution < 1.29 is 9.53 Å². The maximum Gasteiger partial charge on any atom is 0.325 e. The fourth-order valence-electron chi connectivity index (χ4n) is 1.66. The van der Waals surface area contributed by atoms with Crippen LogP contribution in [0, 0.1) is 0 Å². The first-order valence-corrected chi connectivity index (χ1v) is 6.00. The maximum atomic E-state index is 11.4. The third-order valence-electron chi connectivity index (χ3n) is 3.19. The van der Waals surface area contributed by atoms with Crippen LogP contribution < -0.4 is 5.73 Å². The van der Waals surface area contributed by atoms with E-state index in [-0.39, 0.29) is 5.97 Å². The highest BCUT2D eigenvalue weighted by Gasteiger charge is 2.29. The van der Waals surface area contributed by atoms with Crippen LogP contribution in [0.5, 0.6) is 0 Å². The molecular weight excluding hydrogens is 204 g/mol. The van der Waals surface area contributed by atoms with E-state index >= 15 is 0 Å². The molecule has 0 saturated heterocycles. The summed E-state index contributed by atoms with van der Waals surface area (Å²) in [4.78, 5) is 13.7. The van der Waals surface area contributed by atoms with Crippen molar-refractivity contribution in [3.8, 4) is 0 Å². The van der Waals surface area contributed by atoms with E-state index in [4.69, 9.17) is 5.73 Å². The van der Waals surface area contributed by atoms with Gasteiger partial charge in [-0.05, 0) is 33.2 Å². The summed E-state index contributed by atoms with van der Waals surface area (Å²) >= 11 is 0. The molecule has 16 heavy (non-hydrogen) atoms. The van der Waals surface area contributed by atoms with Crippen molar-refractivity contribution >= 4 is 5.97 Å². The van der Waals surface area contributed by atoms with Crippen LogP contribution in [0.1, 0.15) is 40.5 Å². The Balaban J connectivity index is 4.25. The Labute approximate surface area is 99.1 Å². The predicted octanol–water partition coefficient (Wildman–Crippen LogP) is 1.39. The van der Waals surface area contributed by atoms with E-state index in [9.17, 15) is 4.79 Å². The second-order valence-electron chi connectivity index (χ2n) is 4.54. The third kappa shape index (κ3) is 4.49. The minimum absolute atomic E-state index is 0.340. The van der Waals surface area contributed by atoms with Crippen LogP contribution in [0.3, 0.4) is 0 Å². The van der Waals surface area contributed by atoms with Gasteiger partial charge in [-0.3, -0.25) is 4.79 Å². The number of ether oxygens (including phenoxy) is 1. The minimum Gasteiger partial charge on any atom is -0.468 e. The smallest absolute Gasteiger partial charge is 0.325 e. The van der Waals surface area contributed by atoms with Crippen molar-refractivity contribution in [1.82, 2.24) is 4.90 Å². The van der Waals surface area contributed by atoms with Crippen LogP contribution in [0.4, 0.5) is 0 Å². The number of carbonyl (C=O) groups excluding carboxylic acids is 1. The molecule has 4 heteroatoms. The van der Waals surface area contributed by atoms with Crippen molar-refractivity contribution in [2.75, 3.05) is 20.2 Å². The highest BCUT2D eigenvalue weighted by atomic mass is 16.5. The lowest BCUT2D eigenvalue weighted by atomic mass is 9.99. The second kappa shape index (κ2) is 6.86. The van der Waals surface area contributed by atoms with E-state index in [2.05, 4.69) is 30.4 Å². The van der Waals surface area contributed by atoms with Gasteiger partial charge in [0.05, 0.1) is 7.11 Å². The molecule has 0 aliphatic carbocycles. The summed E-state index contributed by atoms with van der Waals surface area (Å²) in [5.74, 6) is -0.340.